The van der Waals surface area contributed by atoms with E-state index in [1.807, 2.05) is 24.3 Å². The van der Waals surface area contributed by atoms with E-state index >= 15 is 0 Å². The third kappa shape index (κ3) is 3.96. The second-order valence-electron chi connectivity index (χ2n) is 4.72. The molecule has 0 spiro atoms. The number of urea groups is 1. The van der Waals surface area contributed by atoms with Gasteiger partial charge in [-0.15, -0.1) is 0 Å². The van der Waals surface area contributed by atoms with Gasteiger partial charge in [-0.05, 0) is 35.7 Å². The quantitative estimate of drug-likeness (QED) is 0.874. The van der Waals surface area contributed by atoms with Gasteiger partial charge in [0.15, 0.2) is 0 Å². The molecule has 0 saturated heterocycles. The lowest BCUT2D eigenvalue weighted by Gasteiger charge is -2.09. The summed E-state index contributed by atoms with van der Waals surface area (Å²) in [6, 6.07) is 10.7. The minimum Gasteiger partial charge on any atom is -0.308 e. The first-order valence-corrected chi connectivity index (χ1v) is 6.72. The van der Waals surface area contributed by atoms with Crippen LogP contribution in [0.1, 0.15) is 25.3 Å². The van der Waals surface area contributed by atoms with Crippen molar-refractivity contribution in [3.8, 4) is 0 Å². The first kappa shape index (κ1) is 14.3. The summed E-state index contributed by atoms with van der Waals surface area (Å²) in [6.07, 6.45) is 1.48. The van der Waals surface area contributed by atoms with Crippen molar-refractivity contribution < 1.29 is 4.79 Å². The number of rotatable bonds is 3. The molecule has 1 heterocycles. The van der Waals surface area contributed by atoms with Crippen molar-refractivity contribution in [3.63, 3.8) is 0 Å². The molecule has 2 amide bonds. The Hall–Kier alpha value is -2.07. The Labute approximate surface area is 123 Å². The third-order valence-corrected chi connectivity index (χ3v) is 3.03. The number of benzene rings is 1. The summed E-state index contributed by atoms with van der Waals surface area (Å²) in [6.45, 7) is 4.25. The summed E-state index contributed by atoms with van der Waals surface area (Å²) in [7, 11) is 0. The monoisotopic (exact) mass is 289 g/mol. The van der Waals surface area contributed by atoms with Gasteiger partial charge in [0.25, 0.3) is 0 Å². The van der Waals surface area contributed by atoms with Crippen LogP contribution < -0.4 is 10.6 Å². The first-order valence-electron chi connectivity index (χ1n) is 6.34. The van der Waals surface area contributed by atoms with Crippen molar-refractivity contribution >= 4 is 29.1 Å². The molecule has 0 saturated carbocycles. The van der Waals surface area contributed by atoms with E-state index < -0.39 is 0 Å². The fourth-order valence-electron chi connectivity index (χ4n) is 1.68. The Bertz CT molecular complexity index is 579. The van der Waals surface area contributed by atoms with Crippen LogP contribution in [0.25, 0.3) is 0 Å². The average molecular weight is 290 g/mol. The van der Waals surface area contributed by atoms with Crippen LogP contribution >= 0.6 is 11.6 Å². The molecule has 2 N–H and O–H groups in total. The van der Waals surface area contributed by atoms with E-state index in [1.54, 1.807) is 12.1 Å². The van der Waals surface area contributed by atoms with E-state index in [4.69, 9.17) is 11.6 Å². The van der Waals surface area contributed by atoms with Gasteiger partial charge in [-0.25, -0.2) is 9.78 Å². The zero-order valence-corrected chi connectivity index (χ0v) is 12.1. The number of carbonyl (C=O) groups excluding carboxylic acids is 1. The van der Waals surface area contributed by atoms with Crippen LogP contribution in [0.4, 0.5) is 16.3 Å². The lowest BCUT2D eigenvalue weighted by molar-refractivity contribution is 0.262. The topological polar surface area (TPSA) is 54.0 Å². The van der Waals surface area contributed by atoms with E-state index in [2.05, 4.69) is 29.5 Å². The minimum atomic E-state index is -0.336. The van der Waals surface area contributed by atoms with Crippen LogP contribution in [0.15, 0.2) is 42.6 Å². The highest BCUT2D eigenvalue weighted by atomic mass is 35.5. The van der Waals surface area contributed by atoms with Crippen molar-refractivity contribution in [1.29, 1.82) is 0 Å². The van der Waals surface area contributed by atoms with Crippen LogP contribution in [-0.2, 0) is 0 Å². The van der Waals surface area contributed by atoms with Gasteiger partial charge >= 0.3 is 6.03 Å². The maximum absolute atomic E-state index is 11.8. The Kier molecular flexibility index (Phi) is 4.58. The smallest absolute Gasteiger partial charge is 0.308 e. The number of nitrogens with zero attached hydrogens (tertiary/aromatic N) is 1. The largest absolute Gasteiger partial charge is 0.324 e. The number of aromatic nitrogens is 1. The van der Waals surface area contributed by atoms with Gasteiger partial charge in [0, 0.05) is 11.9 Å². The number of nitrogens with one attached hydrogen (secondary N) is 2. The van der Waals surface area contributed by atoms with Crippen LogP contribution in [0.5, 0.6) is 0 Å². The number of anilines is 2. The molecule has 0 atom stereocenters. The van der Waals surface area contributed by atoms with Gasteiger partial charge < -0.3 is 5.32 Å². The molecule has 5 heteroatoms. The van der Waals surface area contributed by atoms with E-state index in [1.165, 1.54) is 11.8 Å². The Morgan fingerprint density at radius 2 is 1.80 bits per heavy atom. The zero-order chi connectivity index (χ0) is 14.5. The fraction of sp³-hybridized carbons (Fsp3) is 0.200. The summed E-state index contributed by atoms with van der Waals surface area (Å²) in [5.74, 6) is 0.918. The zero-order valence-electron chi connectivity index (χ0n) is 11.4. The second-order valence-corrected chi connectivity index (χ2v) is 5.15. The van der Waals surface area contributed by atoms with E-state index in [-0.39, 0.29) is 6.03 Å². The average Bonchev–Trinajstić information content (AvgIpc) is 2.42. The fourth-order valence-corrected chi connectivity index (χ4v) is 1.79. The molecule has 104 valence electrons. The van der Waals surface area contributed by atoms with Crippen molar-refractivity contribution in [1.82, 2.24) is 4.98 Å². The summed E-state index contributed by atoms with van der Waals surface area (Å²) >= 11 is 5.73. The molecule has 0 unspecified atom stereocenters. The third-order valence-electron chi connectivity index (χ3n) is 2.80. The SMILES string of the molecule is CC(C)c1ccc(NC(=O)Nc2ccc(Cl)cn2)cc1. The molecule has 0 aliphatic heterocycles. The lowest BCUT2D eigenvalue weighted by Crippen LogP contribution is -2.19. The minimum absolute atomic E-state index is 0.336. The highest BCUT2D eigenvalue weighted by Crippen LogP contribution is 2.17. The second kappa shape index (κ2) is 6.39. The highest BCUT2D eigenvalue weighted by molar-refractivity contribution is 6.30. The molecule has 0 bridgehead atoms. The lowest BCUT2D eigenvalue weighted by atomic mass is 10.0. The van der Waals surface area contributed by atoms with Crippen LogP contribution in [0.2, 0.25) is 5.02 Å². The Morgan fingerprint density at radius 1 is 1.10 bits per heavy atom. The normalized spacial score (nSPS) is 10.4. The van der Waals surface area contributed by atoms with Crippen molar-refractivity contribution in [3.05, 3.63) is 53.2 Å². The number of hydrogen-bond acceptors (Lipinski definition) is 2. The maximum Gasteiger partial charge on any atom is 0.324 e. The molecule has 0 aliphatic carbocycles. The molecular weight excluding hydrogens is 274 g/mol. The van der Waals surface area contributed by atoms with Crippen molar-refractivity contribution in [2.24, 2.45) is 0 Å². The van der Waals surface area contributed by atoms with Crippen LogP contribution in [-0.4, -0.2) is 11.0 Å². The van der Waals surface area contributed by atoms with E-state index in [0.29, 0.717) is 16.8 Å². The maximum atomic E-state index is 11.8. The molecular formula is C15H16ClN3O. The first-order chi connectivity index (χ1) is 9.54. The van der Waals surface area contributed by atoms with Gasteiger partial charge in [-0.1, -0.05) is 37.6 Å². The summed E-state index contributed by atoms with van der Waals surface area (Å²) in [5, 5.41) is 5.91. The summed E-state index contributed by atoms with van der Waals surface area (Å²) < 4.78 is 0. The number of carbonyl (C=O) groups is 1. The van der Waals surface area contributed by atoms with Gasteiger partial charge in [0.2, 0.25) is 0 Å². The molecule has 2 aromatic rings. The van der Waals surface area contributed by atoms with Crippen molar-refractivity contribution in [2.45, 2.75) is 19.8 Å². The van der Waals surface area contributed by atoms with Gasteiger partial charge in [0.1, 0.15) is 5.82 Å². The Morgan fingerprint density at radius 3 is 2.35 bits per heavy atom. The number of pyridine rings is 1. The van der Waals surface area contributed by atoms with Gasteiger partial charge in [-0.2, -0.15) is 0 Å². The molecule has 20 heavy (non-hydrogen) atoms. The molecule has 1 aromatic heterocycles. The molecule has 0 radical (unpaired) electrons. The van der Waals surface area contributed by atoms with Crippen LogP contribution in [0, 0.1) is 0 Å². The number of halogens is 1. The Balaban J connectivity index is 1.95. The molecule has 0 aliphatic rings. The molecule has 0 fully saturated rings. The van der Waals surface area contributed by atoms with Crippen LogP contribution in [0.3, 0.4) is 0 Å². The summed E-state index contributed by atoms with van der Waals surface area (Å²) in [5.41, 5.74) is 1.97. The van der Waals surface area contributed by atoms with E-state index in [0.717, 1.165) is 5.69 Å². The van der Waals surface area contributed by atoms with Gasteiger partial charge in [-0.3, -0.25) is 5.32 Å². The van der Waals surface area contributed by atoms with E-state index in [9.17, 15) is 4.79 Å². The molecule has 4 nitrogen and oxygen atoms in total. The summed E-state index contributed by atoms with van der Waals surface area (Å²) in [4.78, 5) is 15.8. The standard InChI is InChI=1S/C15H16ClN3O/c1-10(2)11-3-6-13(7-4-11)18-15(20)19-14-8-5-12(16)9-17-14/h3-10H,1-2H3,(H2,17,18,19,20). The number of hydrogen-bond donors (Lipinski definition) is 2. The predicted octanol–water partition coefficient (Wildman–Crippen LogP) is 4.50. The molecule has 1 aromatic carbocycles. The van der Waals surface area contributed by atoms with Gasteiger partial charge in [0.05, 0.1) is 5.02 Å². The number of amides is 2. The van der Waals surface area contributed by atoms with Crippen molar-refractivity contribution in [2.75, 3.05) is 10.6 Å². The highest BCUT2D eigenvalue weighted by Gasteiger charge is 2.04. The molecule has 2 rings (SSSR count). The predicted molar refractivity (Wildman–Crippen MR) is 82.4 cm³/mol.